The Labute approximate surface area is 148 Å². The number of carboxylic acid groups (broad SMARTS) is 1. The summed E-state index contributed by atoms with van der Waals surface area (Å²) in [6.45, 7) is 1.13. The van der Waals surface area contributed by atoms with Gasteiger partial charge in [0.1, 0.15) is 19.0 Å². The number of nitrogens with one attached hydrogen (secondary N) is 1. The van der Waals surface area contributed by atoms with Gasteiger partial charge in [-0.2, -0.15) is 0 Å². The van der Waals surface area contributed by atoms with Gasteiger partial charge in [0.25, 0.3) is 0 Å². The van der Waals surface area contributed by atoms with Gasteiger partial charge in [0.05, 0.1) is 16.8 Å². The minimum absolute atomic E-state index is 0.226. The summed E-state index contributed by atoms with van der Waals surface area (Å²) in [6.07, 6.45) is 3.17. The number of hydrogen-bond acceptors (Lipinski definition) is 3. The summed E-state index contributed by atoms with van der Waals surface area (Å²) in [5.74, 6) is -0.223. The second-order valence-electron chi connectivity index (χ2n) is 5.79. The van der Waals surface area contributed by atoms with Crippen molar-refractivity contribution in [2.45, 2.75) is 0 Å². The molecule has 3 aromatic rings. The number of halogens is 1. The van der Waals surface area contributed by atoms with E-state index in [9.17, 15) is 9.90 Å². The third-order valence-electron chi connectivity index (χ3n) is 4.11. The Balaban J connectivity index is 1.64. The van der Waals surface area contributed by atoms with Gasteiger partial charge in [0.15, 0.2) is 0 Å². The van der Waals surface area contributed by atoms with Gasteiger partial charge in [-0.3, -0.25) is 0 Å². The standard InChI is InChI=1S/C19H14ClNO4/c20-17-6-18-15(16(7-21-18)19(22)23)5-14(17)12-1-3-13(4-2-12)25-10-11-8-24-9-11/h1-8,21H,9-10H2,(H,22,23). The van der Waals surface area contributed by atoms with Crippen molar-refractivity contribution in [1.29, 1.82) is 0 Å². The number of hydrogen-bond donors (Lipinski definition) is 2. The van der Waals surface area contributed by atoms with Gasteiger partial charge in [-0.15, -0.1) is 0 Å². The second kappa shape index (κ2) is 6.18. The molecule has 0 bridgehead atoms. The Morgan fingerprint density at radius 1 is 1.28 bits per heavy atom. The average molecular weight is 356 g/mol. The fraction of sp³-hybridized carbons (Fsp3) is 0.105. The minimum atomic E-state index is -0.974. The molecule has 0 atom stereocenters. The summed E-state index contributed by atoms with van der Waals surface area (Å²) >= 11 is 6.38. The van der Waals surface area contributed by atoms with Gasteiger partial charge >= 0.3 is 5.97 Å². The van der Waals surface area contributed by atoms with Crippen LogP contribution in [0.25, 0.3) is 22.0 Å². The zero-order valence-corrected chi connectivity index (χ0v) is 13.8. The number of fused-ring (bicyclic) bond motifs is 1. The summed E-state index contributed by atoms with van der Waals surface area (Å²) in [6, 6.07) is 11.1. The van der Waals surface area contributed by atoms with Crippen molar-refractivity contribution in [3.63, 3.8) is 0 Å². The smallest absolute Gasteiger partial charge is 0.337 e. The lowest BCUT2D eigenvalue weighted by molar-refractivity contribution is 0.0699. The van der Waals surface area contributed by atoms with Gasteiger partial charge in [-0.1, -0.05) is 23.7 Å². The lowest BCUT2D eigenvalue weighted by Gasteiger charge is -2.16. The molecular weight excluding hydrogens is 342 g/mol. The number of ether oxygens (including phenoxy) is 2. The summed E-state index contributed by atoms with van der Waals surface area (Å²) in [5, 5.41) is 10.5. The van der Waals surface area contributed by atoms with Crippen LogP contribution < -0.4 is 4.74 Å². The van der Waals surface area contributed by atoms with Crippen LogP contribution in [-0.4, -0.2) is 29.3 Å². The largest absolute Gasteiger partial charge is 0.496 e. The van der Waals surface area contributed by atoms with E-state index < -0.39 is 5.97 Å². The Morgan fingerprint density at radius 3 is 2.68 bits per heavy atom. The van der Waals surface area contributed by atoms with Crippen LogP contribution in [0, 0.1) is 0 Å². The zero-order chi connectivity index (χ0) is 17.4. The first-order chi connectivity index (χ1) is 12.1. The molecule has 0 spiro atoms. The third-order valence-corrected chi connectivity index (χ3v) is 4.42. The average Bonchev–Trinajstić information content (AvgIpc) is 2.96. The van der Waals surface area contributed by atoms with E-state index in [-0.39, 0.29) is 5.56 Å². The molecule has 1 aromatic heterocycles. The van der Waals surface area contributed by atoms with Gasteiger partial charge < -0.3 is 19.6 Å². The van der Waals surface area contributed by atoms with E-state index in [1.807, 2.05) is 24.3 Å². The van der Waals surface area contributed by atoms with Crippen LogP contribution in [-0.2, 0) is 4.74 Å². The molecule has 2 aromatic carbocycles. The van der Waals surface area contributed by atoms with Crippen LogP contribution >= 0.6 is 11.6 Å². The third kappa shape index (κ3) is 2.94. The number of aromatic nitrogens is 1. The molecule has 0 radical (unpaired) electrons. The molecule has 25 heavy (non-hydrogen) atoms. The number of carbonyl (C=O) groups is 1. The fourth-order valence-corrected chi connectivity index (χ4v) is 3.00. The van der Waals surface area contributed by atoms with E-state index in [0.29, 0.717) is 29.1 Å². The number of aromatic amines is 1. The van der Waals surface area contributed by atoms with Gasteiger partial charge in [-0.25, -0.2) is 4.79 Å². The normalized spacial score (nSPS) is 13.1. The summed E-state index contributed by atoms with van der Waals surface area (Å²) in [4.78, 5) is 14.3. The van der Waals surface area contributed by atoms with Crippen molar-refractivity contribution < 1.29 is 19.4 Å². The molecule has 4 rings (SSSR count). The SMILES string of the molecule is O=C(O)c1c[nH]c2cc(Cl)c(-c3ccc(OCC4=COC4)cc3)cc12. The molecule has 0 saturated heterocycles. The van der Waals surface area contributed by atoms with Crippen molar-refractivity contribution in [2.75, 3.05) is 13.2 Å². The van der Waals surface area contributed by atoms with Crippen LogP contribution in [0.1, 0.15) is 10.4 Å². The lowest BCUT2D eigenvalue weighted by atomic mass is 10.0. The Morgan fingerprint density at radius 2 is 2.04 bits per heavy atom. The predicted molar refractivity (Wildman–Crippen MR) is 95.2 cm³/mol. The maximum absolute atomic E-state index is 11.3. The van der Waals surface area contributed by atoms with Gasteiger partial charge in [0, 0.05) is 28.2 Å². The highest BCUT2D eigenvalue weighted by molar-refractivity contribution is 6.34. The maximum Gasteiger partial charge on any atom is 0.337 e. The van der Waals surface area contributed by atoms with E-state index >= 15 is 0 Å². The monoisotopic (exact) mass is 355 g/mol. The highest BCUT2D eigenvalue weighted by Gasteiger charge is 2.14. The van der Waals surface area contributed by atoms with Crippen LogP contribution in [0.4, 0.5) is 0 Å². The van der Waals surface area contributed by atoms with Crippen LogP contribution in [0.15, 0.2) is 54.4 Å². The summed E-state index contributed by atoms with van der Waals surface area (Å²) in [5.41, 5.74) is 3.71. The molecule has 0 amide bonds. The number of carboxylic acids is 1. The number of rotatable bonds is 5. The lowest BCUT2D eigenvalue weighted by Crippen LogP contribution is -2.13. The van der Waals surface area contributed by atoms with E-state index in [4.69, 9.17) is 21.1 Å². The highest BCUT2D eigenvalue weighted by Crippen LogP contribution is 2.34. The molecule has 0 saturated carbocycles. The van der Waals surface area contributed by atoms with E-state index in [2.05, 4.69) is 4.98 Å². The number of benzene rings is 2. The molecule has 2 N–H and O–H groups in total. The molecule has 0 unspecified atom stereocenters. The molecule has 0 aliphatic carbocycles. The molecule has 0 fully saturated rings. The van der Waals surface area contributed by atoms with Crippen molar-refractivity contribution in [1.82, 2.24) is 4.98 Å². The number of H-pyrrole nitrogens is 1. The molecule has 126 valence electrons. The highest BCUT2D eigenvalue weighted by atomic mass is 35.5. The van der Waals surface area contributed by atoms with Crippen molar-refractivity contribution >= 4 is 28.5 Å². The first-order valence-electron chi connectivity index (χ1n) is 7.68. The first kappa shape index (κ1) is 15.6. The van der Waals surface area contributed by atoms with Crippen LogP contribution in [0.3, 0.4) is 0 Å². The van der Waals surface area contributed by atoms with Gasteiger partial charge in [-0.05, 0) is 29.8 Å². The maximum atomic E-state index is 11.3. The van der Waals surface area contributed by atoms with E-state index in [1.54, 1.807) is 18.4 Å². The topological polar surface area (TPSA) is 71.5 Å². The first-order valence-corrected chi connectivity index (χ1v) is 8.06. The molecular formula is C19H14ClNO4. The fourth-order valence-electron chi connectivity index (χ4n) is 2.72. The van der Waals surface area contributed by atoms with Crippen molar-refractivity contribution in [3.05, 3.63) is 65.0 Å². The van der Waals surface area contributed by atoms with Gasteiger partial charge in [0.2, 0.25) is 0 Å². The Bertz CT molecular complexity index is 989. The van der Waals surface area contributed by atoms with Crippen LogP contribution in [0.2, 0.25) is 5.02 Å². The number of aromatic carboxylic acids is 1. The zero-order valence-electron chi connectivity index (χ0n) is 13.1. The molecule has 5 nitrogen and oxygen atoms in total. The molecule has 1 aliphatic rings. The predicted octanol–water partition coefficient (Wildman–Crippen LogP) is 4.48. The van der Waals surface area contributed by atoms with E-state index in [1.165, 1.54) is 6.20 Å². The summed E-state index contributed by atoms with van der Waals surface area (Å²) < 4.78 is 10.6. The molecule has 2 heterocycles. The van der Waals surface area contributed by atoms with Crippen molar-refractivity contribution in [2.24, 2.45) is 0 Å². The molecule has 6 heteroatoms. The minimum Gasteiger partial charge on any atom is -0.496 e. The van der Waals surface area contributed by atoms with E-state index in [0.717, 1.165) is 22.4 Å². The van der Waals surface area contributed by atoms with Crippen molar-refractivity contribution in [3.8, 4) is 16.9 Å². The molecule has 1 aliphatic heterocycles. The Hall–Kier alpha value is -2.92. The Kier molecular flexibility index (Phi) is 3.86. The summed E-state index contributed by atoms with van der Waals surface area (Å²) in [7, 11) is 0. The quantitative estimate of drug-likeness (QED) is 0.707. The second-order valence-corrected chi connectivity index (χ2v) is 6.19. The van der Waals surface area contributed by atoms with Crippen LogP contribution in [0.5, 0.6) is 5.75 Å².